The number of nitrogens with zero attached hydrogens (tertiary/aromatic N) is 1. The summed E-state index contributed by atoms with van der Waals surface area (Å²) in [7, 11) is 0. The maximum Gasteiger partial charge on any atom is 0.252 e. The third-order valence-corrected chi connectivity index (χ3v) is 2.29. The molecular weight excluding hydrogens is 236 g/mol. The van der Waals surface area contributed by atoms with Gasteiger partial charge in [-0.2, -0.15) is 0 Å². The van der Waals surface area contributed by atoms with E-state index in [-0.39, 0.29) is 19.8 Å². The molecule has 0 radical (unpaired) electrons. The van der Waals surface area contributed by atoms with E-state index < -0.39 is 5.91 Å². The minimum Gasteiger partial charge on any atom is -0.395 e. The van der Waals surface area contributed by atoms with E-state index in [1.807, 2.05) is 0 Å². The van der Waals surface area contributed by atoms with Gasteiger partial charge in [-0.25, -0.2) is 4.98 Å². The van der Waals surface area contributed by atoms with Gasteiger partial charge < -0.3 is 26.6 Å². The quantitative estimate of drug-likeness (QED) is 0.438. The van der Waals surface area contributed by atoms with Gasteiger partial charge in [0.25, 0.3) is 5.91 Å². The van der Waals surface area contributed by atoms with E-state index >= 15 is 0 Å². The molecule has 1 rings (SSSR count). The first-order chi connectivity index (χ1) is 8.60. The van der Waals surface area contributed by atoms with Crippen LogP contribution < -0.4 is 16.4 Å². The molecule has 1 amide bonds. The van der Waals surface area contributed by atoms with Crippen LogP contribution in [-0.4, -0.2) is 47.4 Å². The second-order valence-electron chi connectivity index (χ2n) is 3.71. The molecular formula is C11H18N4O3. The average molecular weight is 254 g/mol. The van der Waals surface area contributed by atoms with E-state index in [9.17, 15) is 4.79 Å². The molecule has 18 heavy (non-hydrogen) atoms. The minimum atomic E-state index is -0.575. The van der Waals surface area contributed by atoms with Crippen molar-refractivity contribution >= 4 is 17.5 Å². The highest BCUT2D eigenvalue weighted by Gasteiger charge is 2.14. The molecule has 1 heterocycles. The number of aryl methyl sites for hydroxylation is 1. The van der Waals surface area contributed by atoms with Crippen molar-refractivity contribution in [3.8, 4) is 0 Å². The zero-order chi connectivity index (χ0) is 13.5. The van der Waals surface area contributed by atoms with Crippen LogP contribution in [-0.2, 0) is 0 Å². The van der Waals surface area contributed by atoms with Crippen molar-refractivity contribution in [3.05, 3.63) is 17.2 Å². The van der Waals surface area contributed by atoms with Crippen LogP contribution >= 0.6 is 0 Å². The van der Waals surface area contributed by atoms with E-state index in [2.05, 4.69) is 15.6 Å². The Labute approximate surface area is 105 Å². The molecule has 0 bridgehead atoms. The molecule has 6 N–H and O–H groups in total. The number of nitrogens with two attached hydrogens (primary N) is 1. The largest absolute Gasteiger partial charge is 0.395 e. The highest BCUT2D eigenvalue weighted by atomic mass is 16.3. The fourth-order valence-electron chi connectivity index (χ4n) is 1.56. The smallest absolute Gasteiger partial charge is 0.252 e. The van der Waals surface area contributed by atoms with Gasteiger partial charge in [0.1, 0.15) is 11.6 Å². The zero-order valence-corrected chi connectivity index (χ0v) is 10.2. The first-order valence-corrected chi connectivity index (χ1v) is 5.61. The van der Waals surface area contributed by atoms with Gasteiger partial charge in [-0.3, -0.25) is 4.79 Å². The summed E-state index contributed by atoms with van der Waals surface area (Å²) in [5, 5.41) is 23.3. The van der Waals surface area contributed by atoms with E-state index in [0.29, 0.717) is 29.3 Å². The lowest BCUT2D eigenvalue weighted by Crippen LogP contribution is -2.19. The second-order valence-corrected chi connectivity index (χ2v) is 3.71. The van der Waals surface area contributed by atoms with Crippen molar-refractivity contribution in [2.45, 2.75) is 6.92 Å². The van der Waals surface area contributed by atoms with Crippen LogP contribution in [0.1, 0.15) is 15.9 Å². The molecule has 7 heteroatoms. The Morgan fingerprint density at radius 3 is 2.50 bits per heavy atom. The van der Waals surface area contributed by atoms with Gasteiger partial charge in [-0.1, -0.05) is 0 Å². The van der Waals surface area contributed by atoms with Crippen LogP contribution in [0.5, 0.6) is 0 Å². The number of nitrogens with one attached hydrogen (secondary N) is 2. The Kier molecular flexibility index (Phi) is 5.34. The van der Waals surface area contributed by atoms with E-state index in [4.69, 9.17) is 15.9 Å². The summed E-state index contributed by atoms with van der Waals surface area (Å²) in [5.74, 6) is 0.290. The van der Waals surface area contributed by atoms with Crippen LogP contribution in [0.25, 0.3) is 0 Å². The predicted molar refractivity (Wildman–Crippen MR) is 68.6 cm³/mol. The Balaban J connectivity index is 3.06. The number of hydrogen-bond donors (Lipinski definition) is 5. The molecule has 7 nitrogen and oxygen atoms in total. The fourth-order valence-corrected chi connectivity index (χ4v) is 1.56. The number of aliphatic hydroxyl groups excluding tert-OH is 2. The lowest BCUT2D eigenvalue weighted by Gasteiger charge is -2.13. The summed E-state index contributed by atoms with van der Waals surface area (Å²) in [6.07, 6.45) is 0. The Morgan fingerprint density at radius 1 is 1.33 bits per heavy atom. The number of primary amides is 1. The molecule has 1 aromatic rings. The minimum absolute atomic E-state index is 0.0162. The zero-order valence-electron chi connectivity index (χ0n) is 10.2. The number of rotatable bonds is 7. The molecule has 0 saturated carbocycles. The molecule has 0 unspecified atom stereocenters. The van der Waals surface area contributed by atoms with Crippen LogP contribution in [0.3, 0.4) is 0 Å². The molecule has 0 fully saturated rings. The summed E-state index contributed by atoms with van der Waals surface area (Å²) in [4.78, 5) is 15.5. The van der Waals surface area contributed by atoms with Gasteiger partial charge in [0.15, 0.2) is 0 Å². The molecule has 100 valence electrons. The van der Waals surface area contributed by atoms with Crippen molar-refractivity contribution in [1.82, 2.24) is 4.98 Å². The summed E-state index contributed by atoms with van der Waals surface area (Å²) in [6, 6.07) is 1.68. The Bertz CT molecular complexity index is 423. The van der Waals surface area contributed by atoms with Crippen LogP contribution in [0, 0.1) is 6.92 Å². The number of amides is 1. The topological polar surface area (TPSA) is 120 Å². The SMILES string of the molecule is Cc1cc(NCCO)nc(NCCO)c1C(N)=O. The normalized spacial score (nSPS) is 10.2. The van der Waals surface area contributed by atoms with Gasteiger partial charge in [-0.05, 0) is 18.6 Å². The van der Waals surface area contributed by atoms with Gasteiger partial charge in [0.05, 0.1) is 18.8 Å². The van der Waals surface area contributed by atoms with Gasteiger partial charge in [-0.15, -0.1) is 0 Å². The third-order valence-electron chi connectivity index (χ3n) is 2.29. The fraction of sp³-hybridized carbons (Fsp3) is 0.455. The Morgan fingerprint density at radius 2 is 1.94 bits per heavy atom. The lowest BCUT2D eigenvalue weighted by molar-refractivity contribution is 0.1000. The van der Waals surface area contributed by atoms with Crippen molar-refractivity contribution in [2.24, 2.45) is 5.73 Å². The van der Waals surface area contributed by atoms with E-state index in [1.54, 1.807) is 13.0 Å². The van der Waals surface area contributed by atoms with Crippen molar-refractivity contribution in [3.63, 3.8) is 0 Å². The first-order valence-electron chi connectivity index (χ1n) is 5.61. The average Bonchev–Trinajstić information content (AvgIpc) is 2.32. The molecule has 0 aliphatic heterocycles. The molecule has 0 spiro atoms. The number of carbonyl (C=O) groups is 1. The first kappa shape index (κ1) is 14.2. The summed E-state index contributed by atoms with van der Waals surface area (Å²) in [6.45, 7) is 2.29. The highest BCUT2D eigenvalue weighted by molar-refractivity contribution is 5.99. The van der Waals surface area contributed by atoms with Gasteiger partial charge in [0, 0.05) is 13.1 Å². The van der Waals surface area contributed by atoms with Crippen LogP contribution in [0.15, 0.2) is 6.07 Å². The maximum atomic E-state index is 11.4. The molecule has 0 atom stereocenters. The standard InChI is InChI=1S/C11H18N4O3/c1-7-6-8(13-2-4-16)15-11(14-3-5-17)9(7)10(12)18/h6,16-17H,2-5H2,1H3,(H2,12,18)(H2,13,14,15). The van der Waals surface area contributed by atoms with E-state index in [1.165, 1.54) is 0 Å². The molecule has 1 aromatic heterocycles. The highest BCUT2D eigenvalue weighted by Crippen LogP contribution is 2.20. The van der Waals surface area contributed by atoms with E-state index in [0.717, 1.165) is 0 Å². The van der Waals surface area contributed by atoms with Gasteiger partial charge in [0.2, 0.25) is 0 Å². The number of pyridine rings is 1. The number of carbonyl (C=O) groups excluding carboxylic acids is 1. The van der Waals surface area contributed by atoms with Gasteiger partial charge >= 0.3 is 0 Å². The molecule has 0 aromatic carbocycles. The summed E-state index contributed by atoms with van der Waals surface area (Å²) in [5.41, 5.74) is 6.28. The van der Waals surface area contributed by atoms with Crippen molar-refractivity contribution in [2.75, 3.05) is 36.9 Å². The number of aliphatic hydroxyl groups is 2. The number of aromatic nitrogens is 1. The van der Waals surface area contributed by atoms with Crippen molar-refractivity contribution in [1.29, 1.82) is 0 Å². The number of hydrogen-bond acceptors (Lipinski definition) is 6. The molecule has 0 saturated heterocycles. The van der Waals surface area contributed by atoms with Crippen molar-refractivity contribution < 1.29 is 15.0 Å². The second kappa shape index (κ2) is 6.77. The predicted octanol–water partition coefficient (Wildman–Crippen LogP) is -0.703. The lowest BCUT2D eigenvalue weighted by atomic mass is 10.1. The number of anilines is 2. The molecule has 0 aliphatic rings. The maximum absolute atomic E-state index is 11.4. The summed E-state index contributed by atoms with van der Waals surface area (Å²) >= 11 is 0. The van der Waals surface area contributed by atoms with Crippen LogP contribution in [0.2, 0.25) is 0 Å². The monoisotopic (exact) mass is 254 g/mol. The third kappa shape index (κ3) is 3.57. The van der Waals surface area contributed by atoms with Crippen LogP contribution in [0.4, 0.5) is 11.6 Å². The molecule has 0 aliphatic carbocycles. The summed E-state index contributed by atoms with van der Waals surface area (Å²) < 4.78 is 0. The Hall–Kier alpha value is -1.86.